The number of nitrogens with zero attached hydrogens (tertiary/aromatic N) is 1. The van der Waals surface area contributed by atoms with Crippen molar-refractivity contribution >= 4 is 35.0 Å². The number of amides is 2. The van der Waals surface area contributed by atoms with Gasteiger partial charge in [-0.1, -0.05) is 66.7 Å². The first-order chi connectivity index (χ1) is 16.4. The summed E-state index contributed by atoms with van der Waals surface area (Å²) < 4.78 is 5.78. The monoisotopic (exact) mass is 504 g/mol. The van der Waals surface area contributed by atoms with Gasteiger partial charge in [-0.25, -0.2) is 0 Å². The van der Waals surface area contributed by atoms with E-state index in [-0.39, 0.29) is 17.9 Å². The Hall–Kier alpha value is -2.24. The summed E-state index contributed by atoms with van der Waals surface area (Å²) in [7, 11) is 0. The average molecular weight is 505 g/mol. The molecule has 2 aromatic rings. The molecule has 7 heteroatoms. The molecule has 0 radical (unpaired) electrons. The van der Waals surface area contributed by atoms with Gasteiger partial charge in [-0.3, -0.25) is 9.59 Å². The van der Waals surface area contributed by atoms with Crippen LogP contribution in [0.3, 0.4) is 0 Å². The van der Waals surface area contributed by atoms with Gasteiger partial charge in [0.05, 0.1) is 16.7 Å². The molecule has 1 fully saturated rings. The molecule has 3 rings (SSSR count). The number of halogens is 2. The van der Waals surface area contributed by atoms with Crippen molar-refractivity contribution < 1.29 is 14.3 Å². The van der Waals surface area contributed by atoms with E-state index in [0.717, 1.165) is 37.0 Å². The zero-order valence-electron chi connectivity index (χ0n) is 20.0. The number of rotatable bonds is 11. The Bertz CT molecular complexity index is 959. The quantitative estimate of drug-likeness (QED) is 0.363. The van der Waals surface area contributed by atoms with Crippen molar-refractivity contribution in [1.29, 1.82) is 0 Å². The van der Waals surface area contributed by atoms with Crippen LogP contribution < -0.4 is 10.1 Å². The summed E-state index contributed by atoms with van der Waals surface area (Å²) >= 11 is 12.3. The highest BCUT2D eigenvalue weighted by Crippen LogP contribution is 2.25. The Labute approximate surface area is 212 Å². The van der Waals surface area contributed by atoms with E-state index in [1.54, 1.807) is 17.0 Å². The van der Waals surface area contributed by atoms with Crippen LogP contribution in [0.4, 0.5) is 0 Å². The SMILES string of the molecule is CCC(C(=O)NC1CCCC1)N(Cc1ccc(Cl)c(Cl)c1)C(=O)CCCOc1ccc(C)cc1. The summed E-state index contributed by atoms with van der Waals surface area (Å²) in [4.78, 5) is 28.2. The molecule has 0 spiro atoms. The molecule has 1 N–H and O–H groups in total. The highest BCUT2D eigenvalue weighted by atomic mass is 35.5. The normalized spacial score (nSPS) is 14.6. The second kappa shape index (κ2) is 13.0. The first-order valence-corrected chi connectivity index (χ1v) is 12.9. The van der Waals surface area contributed by atoms with Crippen LogP contribution in [0.15, 0.2) is 42.5 Å². The van der Waals surface area contributed by atoms with Gasteiger partial charge >= 0.3 is 0 Å². The number of carbonyl (C=O) groups excluding carboxylic acids is 2. The fraction of sp³-hybridized carbons (Fsp3) is 0.481. The van der Waals surface area contributed by atoms with Crippen LogP contribution in [0, 0.1) is 6.92 Å². The number of ether oxygens (including phenoxy) is 1. The molecule has 0 heterocycles. The number of aryl methyl sites for hydroxylation is 1. The van der Waals surface area contributed by atoms with Crippen molar-refractivity contribution in [2.75, 3.05) is 6.61 Å². The van der Waals surface area contributed by atoms with Gasteiger partial charge in [-0.05, 0) is 62.4 Å². The summed E-state index contributed by atoms with van der Waals surface area (Å²) in [6.45, 7) is 4.69. The summed E-state index contributed by atoms with van der Waals surface area (Å²) in [5.41, 5.74) is 2.01. The molecule has 0 aromatic heterocycles. The Kier molecular flexibility index (Phi) is 10.1. The molecule has 5 nitrogen and oxygen atoms in total. The summed E-state index contributed by atoms with van der Waals surface area (Å²) in [6, 6.07) is 12.8. The molecule has 1 unspecified atom stereocenters. The average Bonchev–Trinajstić information content (AvgIpc) is 3.33. The van der Waals surface area contributed by atoms with E-state index in [9.17, 15) is 9.59 Å². The van der Waals surface area contributed by atoms with Crippen molar-refractivity contribution in [3.05, 3.63) is 63.6 Å². The first kappa shape index (κ1) is 26.4. The number of benzene rings is 2. The highest BCUT2D eigenvalue weighted by molar-refractivity contribution is 6.42. The second-order valence-electron chi connectivity index (χ2n) is 8.95. The van der Waals surface area contributed by atoms with Crippen molar-refractivity contribution in [3.63, 3.8) is 0 Å². The lowest BCUT2D eigenvalue weighted by molar-refractivity contribution is -0.141. The summed E-state index contributed by atoms with van der Waals surface area (Å²) in [6.07, 6.45) is 5.65. The molecule has 34 heavy (non-hydrogen) atoms. The Balaban J connectivity index is 1.66. The van der Waals surface area contributed by atoms with E-state index in [4.69, 9.17) is 27.9 Å². The minimum Gasteiger partial charge on any atom is -0.494 e. The number of nitrogens with one attached hydrogen (secondary N) is 1. The van der Waals surface area contributed by atoms with Gasteiger partial charge < -0.3 is 15.0 Å². The third-order valence-corrected chi connectivity index (χ3v) is 6.99. The highest BCUT2D eigenvalue weighted by Gasteiger charge is 2.30. The van der Waals surface area contributed by atoms with Gasteiger partial charge in [0.1, 0.15) is 11.8 Å². The van der Waals surface area contributed by atoms with E-state index < -0.39 is 6.04 Å². The predicted octanol–water partition coefficient (Wildman–Crippen LogP) is 6.33. The molecule has 2 aromatic carbocycles. The Morgan fingerprint density at radius 2 is 1.79 bits per heavy atom. The second-order valence-corrected chi connectivity index (χ2v) is 9.76. The number of hydrogen-bond donors (Lipinski definition) is 1. The van der Waals surface area contributed by atoms with E-state index in [2.05, 4.69) is 5.32 Å². The number of hydrogen-bond acceptors (Lipinski definition) is 3. The molecule has 1 aliphatic carbocycles. The van der Waals surface area contributed by atoms with Gasteiger partial charge in [0.25, 0.3) is 0 Å². The van der Waals surface area contributed by atoms with Gasteiger partial charge in [-0.2, -0.15) is 0 Å². The minimum atomic E-state index is -0.541. The summed E-state index contributed by atoms with van der Waals surface area (Å²) in [5.74, 6) is 0.624. The molecule has 0 saturated heterocycles. The molecular weight excluding hydrogens is 471 g/mol. The maximum atomic E-state index is 13.3. The van der Waals surface area contributed by atoms with Gasteiger partial charge in [0, 0.05) is 19.0 Å². The van der Waals surface area contributed by atoms with Crippen LogP contribution in [0.5, 0.6) is 5.75 Å². The minimum absolute atomic E-state index is 0.0769. The van der Waals surface area contributed by atoms with Gasteiger partial charge in [0.15, 0.2) is 0 Å². The summed E-state index contributed by atoms with van der Waals surface area (Å²) in [5, 5.41) is 4.05. The third-order valence-electron chi connectivity index (χ3n) is 6.25. The topological polar surface area (TPSA) is 58.6 Å². The molecule has 2 amide bonds. The van der Waals surface area contributed by atoms with E-state index in [1.807, 2.05) is 44.2 Å². The largest absolute Gasteiger partial charge is 0.494 e. The lowest BCUT2D eigenvalue weighted by atomic mass is 10.1. The molecule has 184 valence electrons. The zero-order valence-corrected chi connectivity index (χ0v) is 21.5. The fourth-order valence-electron chi connectivity index (χ4n) is 4.31. The standard InChI is InChI=1S/C27H34Cl2N2O3/c1-3-25(27(33)30-21-7-4-5-8-21)31(18-20-12-15-23(28)24(29)17-20)26(32)9-6-16-34-22-13-10-19(2)11-14-22/h10-15,17,21,25H,3-9,16,18H2,1-2H3,(H,30,33). The molecule has 0 aliphatic heterocycles. The lowest BCUT2D eigenvalue weighted by Gasteiger charge is -2.31. The molecular formula is C27H34Cl2N2O3. The van der Waals surface area contributed by atoms with Crippen LogP contribution in [-0.2, 0) is 16.1 Å². The van der Waals surface area contributed by atoms with Crippen LogP contribution >= 0.6 is 23.2 Å². The van der Waals surface area contributed by atoms with E-state index >= 15 is 0 Å². The maximum Gasteiger partial charge on any atom is 0.243 e. The van der Waals surface area contributed by atoms with E-state index in [0.29, 0.717) is 42.5 Å². The van der Waals surface area contributed by atoms with E-state index in [1.165, 1.54) is 5.56 Å². The van der Waals surface area contributed by atoms with Crippen LogP contribution in [0.25, 0.3) is 0 Å². The van der Waals surface area contributed by atoms with Crippen molar-refractivity contribution in [2.45, 2.75) is 77.4 Å². The molecule has 1 atom stereocenters. The number of carbonyl (C=O) groups is 2. The first-order valence-electron chi connectivity index (χ1n) is 12.1. The predicted molar refractivity (Wildman–Crippen MR) is 137 cm³/mol. The fourth-order valence-corrected chi connectivity index (χ4v) is 4.63. The van der Waals surface area contributed by atoms with Gasteiger partial charge in [0.2, 0.25) is 11.8 Å². The zero-order chi connectivity index (χ0) is 24.5. The van der Waals surface area contributed by atoms with Gasteiger partial charge in [-0.15, -0.1) is 0 Å². The van der Waals surface area contributed by atoms with Crippen LogP contribution in [0.1, 0.15) is 63.0 Å². The lowest BCUT2D eigenvalue weighted by Crippen LogP contribution is -2.50. The van der Waals surface area contributed by atoms with Crippen LogP contribution in [0.2, 0.25) is 10.0 Å². The van der Waals surface area contributed by atoms with Crippen molar-refractivity contribution in [2.24, 2.45) is 0 Å². The smallest absolute Gasteiger partial charge is 0.243 e. The maximum absolute atomic E-state index is 13.3. The molecule has 1 aliphatic rings. The molecule has 0 bridgehead atoms. The van der Waals surface area contributed by atoms with Crippen LogP contribution in [-0.4, -0.2) is 35.4 Å². The van der Waals surface area contributed by atoms with Crippen molar-refractivity contribution in [1.82, 2.24) is 10.2 Å². The Morgan fingerprint density at radius 1 is 1.09 bits per heavy atom. The van der Waals surface area contributed by atoms with Crippen molar-refractivity contribution in [3.8, 4) is 5.75 Å². The molecule has 1 saturated carbocycles. The third kappa shape index (κ3) is 7.64. The Morgan fingerprint density at radius 3 is 2.44 bits per heavy atom.